The van der Waals surface area contributed by atoms with E-state index in [1.165, 1.54) is 9.75 Å². The van der Waals surface area contributed by atoms with Crippen molar-refractivity contribution in [2.24, 2.45) is 0 Å². The average molecular weight is 309 g/mol. The number of alkyl halides is 1. The summed E-state index contributed by atoms with van der Waals surface area (Å²) in [7, 11) is 0. The van der Waals surface area contributed by atoms with Crippen molar-refractivity contribution in [3.05, 3.63) is 26.5 Å². The van der Waals surface area contributed by atoms with Crippen LogP contribution in [0.5, 0.6) is 0 Å². The maximum absolute atomic E-state index is 5.70. The van der Waals surface area contributed by atoms with Crippen molar-refractivity contribution in [3.8, 4) is 9.88 Å². The van der Waals surface area contributed by atoms with Crippen molar-refractivity contribution in [2.45, 2.75) is 12.8 Å². The van der Waals surface area contributed by atoms with Crippen molar-refractivity contribution in [1.82, 2.24) is 4.98 Å². The average Bonchev–Trinajstić information content (AvgIpc) is 2.74. The van der Waals surface area contributed by atoms with Gasteiger partial charge in [0.15, 0.2) is 0 Å². The van der Waals surface area contributed by atoms with Gasteiger partial charge in [-0.05, 0) is 28.9 Å². The topological polar surface area (TPSA) is 12.9 Å². The van der Waals surface area contributed by atoms with E-state index in [2.05, 4.69) is 33.9 Å². The maximum Gasteiger partial charge on any atom is 0.133 e. The summed E-state index contributed by atoms with van der Waals surface area (Å²) in [6, 6.07) is 2.11. The van der Waals surface area contributed by atoms with Crippen LogP contribution in [0.2, 0.25) is 0 Å². The fourth-order valence-electron chi connectivity index (χ4n) is 1.05. The number of thiazole rings is 1. The molecule has 0 aliphatic heterocycles. The van der Waals surface area contributed by atoms with Gasteiger partial charge in [0.1, 0.15) is 5.01 Å². The Morgan fingerprint density at radius 3 is 2.86 bits per heavy atom. The highest BCUT2D eigenvalue weighted by molar-refractivity contribution is 9.10. The van der Waals surface area contributed by atoms with E-state index in [9.17, 15) is 0 Å². The predicted octanol–water partition coefficient (Wildman–Crippen LogP) is 4.68. The molecule has 0 N–H and O–H groups in total. The van der Waals surface area contributed by atoms with E-state index in [1.807, 2.05) is 5.38 Å². The molecule has 1 nitrogen and oxygen atoms in total. The fraction of sp³-hybridized carbons (Fsp3) is 0.222. The molecule has 0 aromatic carbocycles. The molecule has 2 rings (SSSR count). The molecule has 0 saturated carbocycles. The molecule has 0 spiro atoms. The monoisotopic (exact) mass is 307 g/mol. The van der Waals surface area contributed by atoms with Crippen LogP contribution in [0.4, 0.5) is 0 Å². The lowest BCUT2D eigenvalue weighted by Crippen LogP contribution is -1.75. The Morgan fingerprint density at radius 1 is 1.57 bits per heavy atom. The first-order chi connectivity index (χ1) is 6.70. The van der Waals surface area contributed by atoms with Gasteiger partial charge in [0.25, 0.3) is 0 Å². The molecule has 0 unspecified atom stereocenters. The summed E-state index contributed by atoms with van der Waals surface area (Å²) in [6.07, 6.45) is 0. The third-order valence-corrected chi connectivity index (χ3v) is 5.23. The third kappa shape index (κ3) is 2.03. The molecule has 0 fully saturated rings. The number of aromatic nitrogens is 1. The first-order valence-corrected chi connectivity index (χ1v) is 6.99. The molecule has 0 saturated heterocycles. The molecule has 0 radical (unpaired) electrons. The zero-order valence-corrected chi connectivity index (χ0v) is 11.4. The molecule has 5 heteroatoms. The Hall–Kier alpha value is 0.100. The number of hydrogen-bond donors (Lipinski definition) is 0. The van der Waals surface area contributed by atoms with Gasteiger partial charge in [-0.1, -0.05) is 0 Å². The van der Waals surface area contributed by atoms with Gasteiger partial charge in [0.2, 0.25) is 0 Å². The Morgan fingerprint density at radius 2 is 2.36 bits per heavy atom. The highest BCUT2D eigenvalue weighted by Crippen LogP contribution is 2.35. The normalized spacial score (nSPS) is 10.8. The van der Waals surface area contributed by atoms with Gasteiger partial charge < -0.3 is 0 Å². The molecule has 2 aromatic heterocycles. The number of thiophene rings is 1. The number of nitrogens with zero attached hydrogens (tertiary/aromatic N) is 1. The Labute approximate surface area is 104 Å². The molecule has 0 aliphatic carbocycles. The summed E-state index contributed by atoms with van der Waals surface area (Å²) in [5.74, 6) is 0.488. The minimum absolute atomic E-state index is 0.488. The van der Waals surface area contributed by atoms with Crippen LogP contribution in [0.25, 0.3) is 9.88 Å². The Bertz CT molecular complexity index is 430. The van der Waals surface area contributed by atoms with E-state index in [1.54, 1.807) is 22.7 Å². The van der Waals surface area contributed by atoms with E-state index in [-0.39, 0.29) is 0 Å². The molecule has 0 atom stereocenters. The largest absolute Gasteiger partial charge is 0.239 e. The lowest BCUT2D eigenvalue weighted by atomic mass is 10.4. The van der Waals surface area contributed by atoms with Gasteiger partial charge in [-0.3, -0.25) is 0 Å². The lowest BCUT2D eigenvalue weighted by Gasteiger charge is -1.86. The predicted molar refractivity (Wildman–Crippen MR) is 67.4 cm³/mol. The van der Waals surface area contributed by atoms with Crippen LogP contribution in [-0.4, -0.2) is 4.98 Å². The van der Waals surface area contributed by atoms with Crippen LogP contribution in [0.1, 0.15) is 10.6 Å². The smallest absolute Gasteiger partial charge is 0.133 e. The molecule has 0 bridgehead atoms. The standard InChI is InChI=1S/C9H7BrClNS2/c1-5-7(10)2-8(14-5)9-12-6(3-11)4-13-9/h2,4H,3H2,1H3. The zero-order valence-electron chi connectivity index (χ0n) is 7.38. The van der Waals surface area contributed by atoms with Crippen LogP contribution < -0.4 is 0 Å². The molecule has 74 valence electrons. The van der Waals surface area contributed by atoms with Crippen LogP contribution in [0.15, 0.2) is 15.9 Å². The SMILES string of the molecule is Cc1sc(-c2nc(CCl)cs2)cc1Br. The van der Waals surface area contributed by atoms with Crippen LogP contribution in [-0.2, 0) is 5.88 Å². The third-order valence-electron chi connectivity index (χ3n) is 1.76. The number of halogens is 2. The molecule has 2 heterocycles. The summed E-state index contributed by atoms with van der Waals surface area (Å²) in [6.45, 7) is 2.09. The Kier molecular flexibility index (Phi) is 3.27. The fourth-order valence-corrected chi connectivity index (χ4v) is 3.69. The van der Waals surface area contributed by atoms with Crippen LogP contribution in [0.3, 0.4) is 0 Å². The highest BCUT2D eigenvalue weighted by Gasteiger charge is 2.08. The van der Waals surface area contributed by atoms with Gasteiger partial charge in [-0.15, -0.1) is 34.3 Å². The molecular formula is C9H7BrClNS2. The van der Waals surface area contributed by atoms with Gasteiger partial charge in [0.05, 0.1) is 16.5 Å². The minimum atomic E-state index is 0.488. The van der Waals surface area contributed by atoms with Crippen molar-refractivity contribution in [1.29, 1.82) is 0 Å². The second-order valence-electron chi connectivity index (χ2n) is 2.79. The number of rotatable bonds is 2. The molecular weight excluding hydrogens is 302 g/mol. The van der Waals surface area contributed by atoms with Crippen molar-refractivity contribution >= 4 is 50.2 Å². The van der Waals surface area contributed by atoms with E-state index in [0.29, 0.717) is 5.88 Å². The van der Waals surface area contributed by atoms with Gasteiger partial charge >= 0.3 is 0 Å². The summed E-state index contributed by atoms with van der Waals surface area (Å²) < 4.78 is 1.15. The molecule has 14 heavy (non-hydrogen) atoms. The van der Waals surface area contributed by atoms with Crippen molar-refractivity contribution in [2.75, 3.05) is 0 Å². The van der Waals surface area contributed by atoms with Crippen LogP contribution in [0, 0.1) is 6.92 Å². The quantitative estimate of drug-likeness (QED) is 0.734. The van der Waals surface area contributed by atoms with Gasteiger partial charge in [0, 0.05) is 14.7 Å². The first kappa shape index (κ1) is 10.6. The van der Waals surface area contributed by atoms with Crippen LogP contribution >= 0.6 is 50.2 Å². The second kappa shape index (κ2) is 4.31. The van der Waals surface area contributed by atoms with Gasteiger partial charge in [-0.2, -0.15) is 0 Å². The molecule has 0 amide bonds. The Balaban J connectivity index is 2.39. The molecule has 0 aliphatic rings. The zero-order chi connectivity index (χ0) is 10.1. The summed E-state index contributed by atoms with van der Waals surface area (Å²) >= 11 is 12.6. The van der Waals surface area contributed by atoms with E-state index in [0.717, 1.165) is 15.2 Å². The van der Waals surface area contributed by atoms with E-state index < -0.39 is 0 Å². The summed E-state index contributed by atoms with van der Waals surface area (Å²) in [5.41, 5.74) is 0.953. The first-order valence-electron chi connectivity index (χ1n) is 3.97. The van der Waals surface area contributed by atoms with Crippen molar-refractivity contribution < 1.29 is 0 Å². The number of hydrogen-bond acceptors (Lipinski definition) is 3. The lowest BCUT2D eigenvalue weighted by molar-refractivity contribution is 1.23. The highest BCUT2D eigenvalue weighted by atomic mass is 79.9. The van der Waals surface area contributed by atoms with E-state index >= 15 is 0 Å². The second-order valence-corrected chi connectivity index (χ2v) is 6.03. The van der Waals surface area contributed by atoms with Gasteiger partial charge in [-0.25, -0.2) is 4.98 Å². The summed E-state index contributed by atoms with van der Waals surface area (Å²) in [5, 5.41) is 3.06. The minimum Gasteiger partial charge on any atom is -0.239 e. The maximum atomic E-state index is 5.70. The number of aryl methyl sites for hydroxylation is 1. The van der Waals surface area contributed by atoms with Crippen molar-refractivity contribution in [3.63, 3.8) is 0 Å². The molecule has 2 aromatic rings. The summed E-state index contributed by atoms with van der Waals surface area (Å²) in [4.78, 5) is 6.91. The van der Waals surface area contributed by atoms with E-state index in [4.69, 9.17) is 11.6 Å².